The van der Waals surface area contributed by atoms with Crippen LogP contribution in [0.1, 0.15) is 21.7 Å². The third kappa shape index (κ3) is 4.85. The van der Waals surface area contributed by atoms with E-state index in [4.69, 9.17) is 9.47 Å². The quantitative estimate of drug-likeness (QED) is 0.660. The molecule has 0 saturated heterocycles. The first-order chi connectivity index (χ1) is 13.1. The minimum atomic E-state index is -0.215. The summed E-state index contributed by atoms with van der Waals surface area (Å²) in [5.41, 5.74) is 2.23. The first-order valence-corrected chi connectivity index (χ1v) is 8.85. The van der Waals surface area contributed by atoms with Gasteiger partial charge in [0.2, 0.25) is 5.91 Å². The van der Waals surface area contributed by atoms with Gasteiger partial charge < -0.3 is 20.1 Å². The second-order valence-corrected chi connectivity index (χ2v) is 6.45. The Hall–Kier alpha value is -2.87. The third-order valence-electron chi connectivity index (χ3n) is 4.40. The average Bonchev–Trinajstić information content (AvgIpc) is 3.20. The van der Waals surface area contributed by atoms with E-state index in [1.165, 1.54) is 0 Å². The highest BCUT2D eigenvalue weighted by molar-refractivity contribution is 5.92. The molecule has 27 heavy (non-hydrogen) atoms. The largest absolute Gasteiger partial charge is 0.497 e. The van der Waals surface area contributed by atoms with Crippen LogP contribution in [0.15, 0.2) is 30.3 Å². The molecule has 0 spiro atoms. The van der Waals surface area contributed by atoms with Crippen LogP contribution in [0.5, 0.6) is 5.75 Å². The van der Waals surface area contributed by atoms with Gasteiger partial charge in [0, 0.05) is 25.8 Å². The molecule has 0 saturated carbocycles. The number of carbonyl (C=O) groups is 2. The Labute approximate surface area is 157 Å². The van der Waals surface area contributed by atoms with Gasteiger partial charge in [0.05, 0.1) is 32.7 Å². The molecule has 0 bridgehead atoms. The number of nitrogens with zero attached hydrogens (tertiary/aromatic N) is 2. The van der Waals surface area contributed by atoms with Gasteiger partial charge >= 0.3 is 0 Å². The summed E-state index contributed by atoms with van der Waals surface area (Å²) in [5, 5.41) is 10.1. The number of benzene rings is 1. The average molecular weight is 372 g/mol. The summed E-state index contributed by atoms with van der Waals surface area (Å²) in [6.45, 7) is 1.46. The number of rotatable bonds is 8. The Kier molecular flexibility index (Phi) is 6.08. The lowest BCUT2D eigenvalue weighted by Gasteiger charge is -2.12. The lowest BCUT2D eigenvalue weighted by atomic mass is 10.1. The second kappa shape index (κ2) is 8.68. The summed E-state index contributed by atoms with van der Waals surface area (Å²) in [7, 11) is 3.19. The van der Waals surface area contributed by atoms with Gasteiger partial charge in [0.25, 0.3) is 5.91 Å². The fourth-order valence-electron chi connectivity index (χ4n) is 3.11. The van der Waals surface area contributed by atoms with Crippen LogP contribution in [0.25, 0.3) is 0 Å². The Bertz CT molecular complexity index is 794. The van der Waals surface area contributed by atoms with Crippen molar-refractivity contribution < 1.29 is 19.1 Å². The van der Waals surface area contributed by atoms with Gasteiger partial charge in [-0.15, -0.1) is 0 Å². The van der Waals surface area contributed by atoms with Crippen molar-refractivity contribution in [1.29, 1.82) is 0 Å². The number of hydrogen-bond donors (Lipinski definition) is 2. The lowest BCUT2D eigenvalue weighted by molar-refractivity contribution is -0.121. The van der Waals surface area contributed by atoms with Crippen molar-refractivity contribution in [2.75, 3.05) is 27.4 Å². The predicted molar refractivity (Wildman–Crippen MR) is 98.8 cm³/mol. The van der Waals surface area contributed by atoms with E-state index in [0.29, 0.717) is 38.2 Å². The van der Waals surface area contributed by atoms with E-state index in [9.17, 15) is 9.59 Å². The van der Waals surface area contributed by atoms with Crippen molar-refractivity contribution in [3.05, 3.63) is 47.3 Å². The number of ether oxygens (including phenoxy) is 2. The number of aromatic nitrogens is 2. The molecule has 0 radical (unpaired) electrons. The molecule has 144 valence electrons. The van der Waals surface area contributed by atoms with Gasteiger partial charge in [-0.1, -0.05) is 12.1 Å². The van der Waals surface area contributed by atoms with Crippen LogP contribution in [0.3, 0.4) is 0 Å². The highest BCUT2D eigenvalue weighted by atomic mass is 16.5. The fourth-order valence-corrected chi connectivity index (χ4v) is 3.11. The van der Waals surface area contributed by atoms with Crippen LogP contribution in [0.4, 0.5) is 0 Å². The first kappa shape index (κ1) is 18.9. The zero-order valence-electron chi connectivity index (χ0n) is 15.5. The van der Waals surface area contributed by atoms with Crippen molar-refractivity contribution in [3.8, 4) is 5.75 Å². The van der Waals surface area contributed by atoms with Gasteiger partial charge in [-0.3, -0.25) is 14.3 Å². The lowest BCUT2D eigenvalue weighted by Crippen LogP contribution is -2.37. The zero-order valence-corrected chi connectivity index (χ0v) is 15.5. The Morgan fingerprint density at radius 1 is 1.30 bits per heavy atom. The summed E-state index contributed by atoms with van der Waals surface area (Å²) in [4.78, 5) is 24.3. The standard InChI is InChI=1S/C19H24N4O4/c1-26-7-6-20-19(25)17-11-15-10-14(12-23(15)22-17)21-18(24)9-13-4-3-5-16(8-13)27-2/h3-5,8,11,14H,6-7,9-10,12H2,1-2H3,(H,20,25)(H,21,24)/t14-/m0/s1. The minimum Gasteiger partial charge on any atom is -0.497 e. The Morgan fingerprint density at radius 3 is 2.89 bits per heavy atom. The first-order valence-electron chi connectivity index (χ1n) is 8.85. The Balaban J connectivity index is 1.50. The van der Waals surface area contributed by atoms with Gasteiger partial charge in [-0.2, -0.15) is 5.10 Å². The van der Waals surface area contributed by atoms with Crippen LogP contribution in [-0.2, 0) is 28.9 Å². The summed E-state index contributed by atoms with van der Waals surface area (Å²) < 4.78 is 11.9. The van der Waals surface area contributed by atoms with E-state index in [-0.39, 0.29) is 17.9 Å². The molecule has 2 aromatic rings. The molecule has 2 amide bonds. The van der Waals surface area contributed by atoms with E-state index in [1.54, 1.807) is 25.0 Å². The molecule has 1 atom stereocenters. The number of fused-ring (bicyclic) bond motifs is 1. The zero-order chi connectivity index (χ0) is 19.2. The van der Waals surface area contributed by atoms with E-state index >= 15 is 0 Å². The van der Waals surface area contributed by atoms with Crippen LogP contribution in [-0.4, -0.2) is 55.0 Å². The van der Waals surface area contributed by atoms with Crippen LogP contribution < -0.4 is 15.4 Å². The van der Waals surface area contributed by atoms with E-state index in [0.717, 1.165) is 17.0 Å². The maximum atomic E-state index is 12.3. The van der Waals surface area contributed by atoms with Crippen molar-refractivity contribution in [3.63, 3.8) is 0 Å². The third-order valence-corrected chi connectivity index (χ3v) is 4.40. The number of methoxy groups -OCH3 is 2. The van der Waals surface area contributed by atoms with Crippen molar-refractivity contribution in [1.82, 2.24) is 20.4 Å². The number of amides is 2. The van der Waals surface area contributed by atoms with Gasteiger partial charge in [0.1, 0.15) is 11.4 Å². The maximum Gasteiger partial charge on any atom is 0.271 e. The molecule has 1 aliphatic heterocycles. The summed E-state index contributed by atoms with van der Waals surface area (Å²) in [5.74, 6) is 0.474. The van der Waals surface area contributed by atoms with Crippen molar-refractivity contribution >= 4 is 11.8 Å². The van der Waals surface area contributed by atoms with Gasteiger partial charge in [-0.25, -0.2) is 0 Å². The summed E-state index contributed by atoms with van der Waals surface area (Å²) >= 11 is 0. The van der Waals surface area contributed by atoms with E-state index in [2.05, 4.69) is 15.7 Å². The highest BCUT2D eigenvalue weighted by Gasteiger charge is 2.26. The molecule has 2 heterocycles. The number of carbonyl (C=O) groups excluding carboxylic acids is 2. The summed E-state index contributed by atoms with van der Waals surface area (Å²) in [6.07, 6.45) is 0.950. The smallest absolute Gasteiger partial charge is 0.271 e. The molecule has 8 heteroatoms. The minimum absolute atomic E-state index is 0.0174. The fraction of sp³-hybridized carbons (Fsp3) is 0.421. The van der Waals surface area contributed by atoms with Crippen LogP contribution in [0, 0.1) is 0 Å². The highest BCUT2D eigenvalue weighted by Crippen LogP contribution is 2.17. The SMILES string of the molecule is COCCNC(=O)c1cc2n(n1)C[C@@H](NC(=O)Cc1cccc(OC)c1)C2. The van der Waals surface area contributed by atoms with Crippen LogP contribution in [0.2, 0.25) is 0 Å². The van der Waals surface area contributed by atoms with Crippen LogP contribution >= 0.6 is 0 Å². The normalized spacial score (nSPS) is 15.3. The molecule has 2 N–H and O–H groups in total. The Morgan fingerprint density at radius 2 is 2.15 bits per heavy atom. The van der Waals surface area contributed by atoms with Crippen molar-refractivity contribution in [2.45, 2.75) is 25.4 Å². The second-order valence-electron chi connectivity index (χ2n) is 6.45. The maximum absolute atomic E-state index is 12.3. The van der Waals surface area contributed by atoms with E-state index < -0.39 is 0 Å². The molecular formula is C19H24N4O4. The molecule has 1 aromatic carbocycles. The topological polar surface area (TPSA) is 94.5 Å². The van der Waals surface area contributed by atoms with Gasteiger partial charge in [0.15, 0.2) is 0 Å². The molecule has 0 aliphatic carbocycles. The monoisotopic (exact) mass is 372 g/mol. The number of nitrogens with one attached hydrogen (secondary N) is 2. The molecule has 1 aromatic heterocycles. The summed E-state index contributed by atoms with van der Waals surface area (Å²) in [6, 6.07) is 9.23. The van der Waals surface area contributed by atoms with E-state index in [1.807, 2.05) is 24.3 Å². The predicted octanol–water partition coefficient (Wildman–Crippen LogP) is 0.552. The molecule has 0 unspecified atom stereocenters. The van der Waals surface area contributed by atoms with Crippen molar-refractivity contribution in [2.24, 2.45) is 0 Å². The molecule has 3 rings (SSSR count). The molecule has 8 nitrogen and oxygen atoms in total. The molecular weight excluding hydrogens is 348 g/mol. The van der Waals surface area contributed by atoms with Gasteiger partial charge in [-0.05, 0) is 23.8 Å². The number of hydrogen-bond acceptors (Lipinski definition) is 5. The molecule has 1 aliphatic rings. The molecule has 0 fully saturated rings.